The van der Waals surface area contributed by atoms with Crippen LogP contribution in [0.2, 0.25) is 5.02 Å². The van der Waals surface area contributed by atoms with E-state index in [1.165, 1.54) is 0 Å². The van der Waals surface area contributed by atoms with Gasteiger partial charge in [-0.3, -0.25) is 0 Å². The van der Waals surface area contributed by atoms with E-state index in [0.29, 0.717) is 23.7 Å². The molecule has 0 radical (unpaired) electrons. The minimum absolute atomic E-state index is 0.359. The van der Waals surface area contributed by atoms with Gasteiger partial charge < -0.3 is 10.6 Å². The van der Waals surface area contributed by atoms with Crippen LogP contribution in [-0.2, 0) is 6.54 Å². The normalized spacial score (nSPS) is 11.2. The summed E-state index contributed by atoms with van der Waals surface area (Å²) in [5.41, 5.74) is 6.46. The monoisotopic (exact) mass is 241 g/mol. The number of nitrogens with zero attached hydrogens (tertiary/aromatic N) is 2. The van der Waals surface area contributed by atoms with Crippen molar-refractivity contribution in [1.82, 2.24) is 4.98 Å². The van der Waals surface area contributed by atoms with Gasteiger partial charge in [0, 0.05) is 18.6 Å². The summed E-state index contributed by atoms with van der Waals surface area (Å²) in [6, 6.07) is 4.45. The van der Waals surface area contributed by atoms with Crippen molar-refractivity contribution in [3.05, 3.63) is 22.8 Å². The highest BCUT2D eigenvalue weighted by molar-refractivity contribution is 6.32. The molecule has 0 unspecified atom stereocenters. The Kier molecular flexibility index (Phi) is 4.56. The van der Waals surface area contributed by atoms with Crippen LogP contribution < -0.4 is 10.6 Å². The molecule has 0 aromatic carbocycles. The summed E-state index contributed by atoms with van der Waals surface area (Å²) in [4.78, 5) is 6.70. The molecule has 0 aliphatic carbocycles. The second-order valence-corrected chi connectivity index (χ2v) is 4.81. The Labute approximate surface area is 103 Å². The van der Waals surface area contributed by atoms with Crippen LogP contribution in [0.5, 0.6) is 0 Å². The maximum absolute atomic E-state index is 6.19. The molecule has 0 spiro atoms. The summed E-state index contributed by atoms with van der Waals surface area (Å²) in [7, 11) is 0. The zero-order valence-electron chi connectivity index (χ0n) is 10.4. The molecule has 0 bridgehead atoms. The number of rotatable bonds is 4. The molecule has 1 rings (SSSR count). The number of anilines is 1. The third-order valence-electron chi connectivity index (χ3n) is 2.45. The molecule has 0 amide bonds. The van der Waals surface area contributed by atoms with Gasteiger partial charge in [-0.15, -0.1) is 0 Å². The van der Waals surface area contributed by atoms with E-state index in [2.05, 4.69) is 37.6 Å². The van der Waals surface area contributed by atoms with Gasteiger partial charge in [0.25, 0.3) is 0 Å². The van der Waals surface area contributed by atoms with Crippen molar-refractivity contribution in [3.8, 4) is 0 Å². The van der Waals surface area contributed by atoms with Crippen molar-refractivity contribution < 1.29 is 0 Å². The molecular weight excluding hydrogens is 222 g/mol. The third kappa shape index (κ3) is 2.86. The molecule has 4 heteroatoms. The molecule has 0 saturated heterocycles. The maximum atomic E-state index is 6.19. The van der Waals surface area contributed by atoms with Crippen molar-refractivity contribution in [2.75, 3.05) is 4.90 Å². The largest absolute Gasteiger partial charge is 0.351 e. The van der Waals surface area contributed by atoms with Gasteiger partial charge in [-0.25, -0.2) is 4.98 Å². The number of nitrogens with two attached hydrogens (primary N) is 1. The van der Waals surface area contributed by atoms with Gasteiger partial charge in [-0.2, -0.15) is 0 Å². The zero-order chi connectivity index (χ0) is 12.3. The number of hydrogen-bond donors (Lipinski definition) is 1. The summed E-state index contributed by atoms with van der Waals surface area (Å²) in [5, 5.41) is 0.680. The van der Waals surface area contributed by atoms with Crippen molar-refractivity contribution in [2.45, 2.75) is 46.3 Å². The van der Waals surface area contributed by atoms with E-state index in [0.717, 1.165) is 11.5 Å². The fourth-order valence-corrected chi connectivity index (χ4v) is 2.05. The summed E-state index contributed by atoms with van der Waals surface area (Å²) >= 11 is 6.19. The van der Waals surface area contributed by atoms with E-state index in [1.54, 1.807) is 0 Å². The summed E-state index contributed by atoms with van der Waals surface area (Å²) in [6.07, 6.45) is 0. The second-order valence-electron chi connectivity index (χ2n) is 4.41. The molecule has 1 heterocycles. The first-order valence-corrected chi connectivity index (χ1v) is 5.99. The molecule has 0 fully saturated rings. The number of hydrogen-bond acceptors (Lipinski definition) is 3. The first-order valence-electron chi connectivity index (χ1n) is 5.61. The lowest BCUT2D eigenvalue weighted by molar-refractivity contribution is 0.599. The molecule has 2 N–H and O–H groups in total. The minimum atomic E-state index is 0.359. The average molecular weight is 242 g/mol. The lowest BCUT2D eigenvalue weighted by Gasteiger charge is -2.32. The van der Waals surface area contributed by atoms with E-state index >= 15 is 0 Å². The fourth-order valence-electron chi connectivity index (χ4n) is 1.85. The number of halogens is 1. The van der Waals surface area contributed by atoms with Crippen LogP contribution in [0.4, 0.5) is 5.82 Å². The van der Waals surface area contributed by atoms with Crippen LogP contribution in [0.15, 0.2) is 12.1 Å². The van der Waals surface area contributed by atoms with E-state index in [4.69, 9.17) is 17.3 Å². The Morgan fingerprint density at radius 1 is 1.25 bits per heavy atom. The zero-order valence-corrected chi connectivity index (χ0v) is 11.1. The van der Waals surface area contributed by atoms with E-state index in [9.17, 15) is 0 Å². The topological polar surface area (TPSA) is 42.2 Å². The first kappa shape index (κ1) is 13.3. The average Bonchev–Trinajstić information content (AvgIpc) is 2.20. The Balaban J connectivity index is 3.17. The van der Waals surface area contributed by atoms with Gasteiger partial charge in [0.2, 0.25) is 0 Å². The quantitative estimate of drug-likeness (QED) is 0.882. The standard InChI is InChI=1S/C12H20ClN3/c1-8(2)16(9(3)4)12-11(13)6-5-10(7-14)15-12/h5-6,8-9H,7,14H2,1-4H3. The molecule has 1 aromatic rings. The molecule has 0 saturated carbocycles. The Morgan fingerprint density at radius 2 is 1.81 bits per heavy atom. The lowest BCUT2D eigenvalue weighted by Crippen LogP contribution is -2.38. The molecule has 0 atom stereocenters. The van der Waals surface area contributed by atoms with E-state index in [1.807, 2.05) is 12.1 Å². The number of pyridine rings is 1. The van der Waals surface area contributed by atoms with E-state index < -0.39 is 0 Å². The highest BCUT2D eigenvalue weighted by atomic mass is 35.5. The Bertz CT molecular complexity index is 342. The van der Waals surface area contributed by atoms with Crippen LogP contribution in [0.1, 0.15) is 33.4 Å². The van der Waals surface area contributed by atoms with Crippen LogP contribution in [-0.4, -0.2) is 17.1 Å². The van der Waals surface area contributed by atoms with Crippen molar-refractivity contribution in [3.63, 3.8) is 0 Å². The Morgan fingerprint density at radius 3 is 2.25 bits per heavy atom. The molecule has 0 aliphatic heterocycles. The molecule has 3 nitrogen and oxygen atoms in total. The molecule has 0 aliphatic rings. The SMILES string of the molecule is CC(C)N(c1nc(CN)ccc1Cl)C(C)C. The molecule has 90 valence electrons. The first-order chi connectivity index (χ1) is 7.47. The van der Waals surface area contributed by atoms with E-state index in [-0.39, 0.29) is 0 Å². The van der Waals surface area contributed by atoms with Gasteiger partial charge in [0.05, 0.1) is 10.7 Å². The summed E-state index contributed by atoms with van der Waals surface area (Å²) in [6.45, 7) is 8.97. The Hall–Kier alpha value is -0.800. The van der Waals surface area contributed by atoms with Gasteiger partial charge in [0.1, 0.15) is 5.82 Å². The van der Waals surface area contributed by atoms with Crippen LogP contribution >= 0.6 is 11.6 Å². The van der Waals surface area contributed by atoms with Crippen LogP contribution in [0, 0.1) is 0 Å². The summed E-state index contributed by atoms with van der Waals surface area (Å²) < 4.78 is 0. The van der Waals surface area contributed by atoms with Gasteiger partial charge in [-0.05, 0) is 39.8 Å². The summed E-state index contributed by atoms with van der Waals surface area (Å²) in [5.74, 6) is 0.828. The number of aromatic nitrogens is 1. The van der Waals surface area contributed by atoms with Crippen molar-refractivity contribution in [1.29, 1.82) is 0 Å². The highest BCUT2D eigenvalue weighted by Gasteiger charge is 2.18. The van der Waals surface area contributed by atoms with Gasteiger partial charge in [0.15, 0.2) is 0 Å². The predicted octanol–water partition coefficient (Wildman–Crippen LogP) is 2.82. The molecular formula is C12H20ClN3. The lowest BCUT2D eigenvalue weighted by atomic mass is 10.2. The minimum Gasteiger partial charge on any atom is -0.351 e. The predicted molar refractivity (Wildman–Crippen MR) is 69.9 cm³/mol. The smallest absolute Gasteiger partial charge is 0.148 e. The van der Waals surface area contributed by atoms with Crippen molar-refractivity contribution in [2.24, 2.45) is 5.73 Å². The highest BCUT2D eigenvalue weighted by Crippen LogP contribution is 2.27. The van der Waals surface area contributed by atoms with Crippen molar-refractivity contribution >= 4 is 17.4 Å². The third-order valence-corrected chi connectivity index (χ3v) is 2.75. The van der Waals surface area contributed by atoms with Gasteiger partial charge >= 0.3 is 0 Å². The van der Waals surface area contributed by atoms with Crippen LogP contribution in [0.3, 0.4) is 0 Å². The maximum Gasteiger partial charge on any atom is 0.148 e. The van der Waals surface area contributed by atoms with Gasteiger partial charge in [-0.1, -0.05) is 11.6 Å². The second kappa shape index (κ2) is 5.51. The fraction of sp³-hybridized carbons (Fsp3) is 0.583. The molecule has 1 aromatic heterocycles. The van der Waals surface area contributed by atoms with Crippen LogP contribution in [0.25, 0.3) is 0 Å². The molecule has 16 heavy (non-hydrogen) atoms.